The minimum Gasteiger partial charge on any atom is -0.469 e. The van der Waals surface area contributed by atoms with E-state index in [0.29, 0.717) is 12.0 Å². The summed E-state index contributed by atoms with van der Waals surface area (Å²) >= 11 is 0. The van der Waals surface area contributed by atoms with Gasteiger partial charge in [-0.05, 0) is 30.9 Å². The van der Waals surface area contributed by atoms with Gasteiger partial charge >= 0.3 is 12.1 Å². The number of alkyl halides is 3. The third-order valence-electron chi connectivity index (χ3n) is 3.63. The van der Waals surface area contributed by atoms with Crippen molar-refractivity contribution in [3.05, 3.63) is 29.3 Å². The molecule has 1 aromatic rings. The predicted octanol–water partition coefficient (Wildman–Crippen LogP) is 3.97. The number of nitrogens with two attached hydrogens (primary N) is 1. The van der Waals surface area contributed by atoms with Gasteiger partial charge in [-0.3, -0.25) is 4.79 Å². The van der Waals surface area contributed by atoms with Crippen LogP contribution in [0.3, 0.4) is 0 Å². The number of ether oxygens (including phenoxy) is 2. The Bertz CT molecular complexity index is 532. The number of carbonyl (C=O) groups excluding carboxylic acids is 1. The number of rotatable bonds is 7. The van der Waals surface area contributed by atoms with Crippen LogP contribution in [-0.4, -0.2) is 25.9 Å². The van der Waals surface area contributed by atoms with Crippen LogP contribution in [0.1, 0.15) is 49.8 Å². The molecule has 0 saturated heterocycles. The Morgan fingerprint density at radius 1 is 1.30 bits per heavy atom. The molecule has 23 heavy (non-hydrogen) atoms. The van der Waals surface area contributed by atoms with Crippen molar-refractivity contribution >= 4 is 11.7 Å². The van der Waals surface area contributed by atoms with Gasteiger partial charge in [0.15, 0.2) is 6.10 Å². The number of halogens is 3. The van der Waals surface area contributed by atoms with Crippen LogP contribution in [-0.2, 0) is 14.3 Å². The lowest BCUT2D eigenvalue weighted by atomic mass is 9.91. The van der Waals surface area contributed by atoms with Gasteiger partial charge in [-0.15, -0.1) is 0 Å². The van der Waals surface area contributed by atoms with Gasteiger partial charge in [-0.1, -0.05) is 19.1 Å². The third-order valence-corrected chi connectivity index (χ3v) is 3.63. The topological polar surface area (TPSA) is 61.5 Å². The number of methoxy groups -OCH3 is 1. The number of anilines is 1. The molecule has 0 saturated carbocycles. The van der Waals surface area contributed by atoms with Crippen molar-refractivity contribution < 1.29 is 27.4 Å². The molecule has 1 aromatic carbocycles. The van der Waals surface area contributed by atoms with Crippen molar-refractivity contribution in [1.29, 1.82) is 0 Å². The summed E-state index contributed by atoms with van der Waals surface area (Å²) in [7, 11) is 1.29. The number of carbonyl (C=O) groups is 1. The molecule has 0 radical (unpaired) electrons. The first kappa shape index (κ1) is 19.3. The van der Waals surface area contributed by atoms with Gasteiger partial charge in [0, 0.05) is 17.9 Å². The Kier molecular flexibility index (Phi) is 6.87. The van der Waals surface area contributed by atoms with Crippen molar-refractivity contribution in [1.82, 2.24) is 0 Å². The van der Waals surface area contributed by atoms with Crippen LogP contribution < -0.4 is 5.73 Å². The number of nitrogen functional groups attached to an aromatic ring is 1. The molecule has 0 fully saturated rings. The maximum Gasteiger partial charge on any atom is 0.418 e. The molecule has 4 nitrogen and oxygen atoms in total. The van der Waals surface area contributed by atoms with Gasteiger partial charge < -0.3 is 15.2 Å². The lowest BCUT2D eigenvalue weighted by Gasteiger charge is -2.23. The van der Waals surface area contributed by atoms with E-state index in [1.54, 1.807) is 6.07 Å². The molecule has 0 heterocycles. The number of hydrogen-bond donors (Lipinski definition) is 1. The highest BCUT2D eigenvalue weighted by Crippen LogP contribution is 2.39. The number of benzene rings is 1. The SMILES string of the molecule is CCOC(c1ccc(C(CC)CC(=O)OC)cc1N)C(F)(F)F. The molecule has 1 rings (SSSR count). The van der Waals surface area contributed by atoms with Crippen LogP contribution in [0.4, 0.5) is 18.9 Å². The molecule has 0 aliphatic heterocycles. The Morgan fingerprint density at radius 2 is 1.96 bits per heavy atom. The molecule has 0 aliphatic carbocycles. The van der Waals surface area contributed by atoms with E-state index in [1.165, 1.54) is 26.2 Å². The molecule has 0 bridgehead atoms. The summed E-state index contributed by atoms with van der Waals surface area (Å²) in [4.78, 5) is 11.4. The van der Waals surface area contributed by atoms with E-state index in [0.717, 1.165) is 0 Å². The second-order valence-corrected chi connectivity index (χ2v) is 5.15. The summed E-state index contributed by atoms with van der Waals surface area (Å²) in [5, 5.41) is 0. The molecule has 7 heteroatoms. The summed E-state index contributed by atoms with van der Waals surface area (Å²) in [6, 6.07) is 4.35. The summed E-state index contributed by atoms with van der Waals surface area (Å²) in [5.41, 5.74) is 6.40. The minimum absolute atomic E-state index is 0.00147. The van der Waals surface area contributed by atoms with Crippen LogP contribution in [0.15, 0.2) is 18.2 Å². The largest absolute Gasteiger partial charge is 0.469 e. The summed E-state index contributed by atoms with van der Waals surface area (Å²) < 4.78 is 48.7. The lowest BCUT2D eigenvalue weighted by Crippen LogP contribution is -2.24. The van der Waals surface area contributed by atoms with Crippen molar-refractivity contribution in [3.63, 3.8) is 0 Å². The molecule has 0 spiro atoms. The normalized spacial score (nSPS) is 14.3. The van der Waals surface area contributed by atoms with Crippen molar-refractivity contribution in [2.75, 3.05) is 19.5 Å². The summed E-state index contributed by atoms with van der Waals surface area (Å²) in [6.45, 7) is 3.30. The number of esters is 1. The van der Waals surface area contributed by atoms with Gasteiger partial charge in [-0.2, -0.15) is 13.2 Å². The van der Waals surface area contributed by atoms with Crippen LogP contribution >= 0.6 is 0 Å². The Hall–Kier alpha value is -1.76. The van der Waals surface area contributed by atoms with E-state index >= 15 is 0 Å². The molecule has 0 aliphatic rings. The highest BCUT2D eigenvalue weighted by molar-refractivity contribution is 5.70. The van der Waals surface area contributed by atoms with Gasteiger partial charge in [-0.25, -0.2) is 0 Å². The first-order valence-electron chi connectivity index (χ1n) is 7.38. The monoisotopic (exact) mass is 333 g/mol. The van der Waals surface area contributed by atoms with E-state index in [1.807, 2.05) is 6.92 Å². The first-order valence-corrected chi connectivity index (χ1v) is 7.38. The average molecular weight is 333 g/mol. The van der Waals surface area contributed by atoms with E-state index in [2.05, 4.69) is 4.74 Å². The van der Waals surface area contributed by atoms with E-state index in [4.69, 9.17) is 10.5 Å². The molecule has 2 atom stereocenters. The molecule has 2 unspecified atom stereocenters. The van der Waals surface area contributed by atoms with E-state index < -0.39 is 12.3 Å². The zero-order chi connectivity index (χ0) is 17.6. The number of hydrogen-bond acceptors (Lipinski definition) is 4. The Morgan fingerprint density at radius 3 is 2.39 bits per heavy atom. The molecular formula is C16H22F3NO3. The quantitative estimate of drug-likeness (QED) is 0.606. The van der Waals surface area contributed by atoms with Crippen LogP contribution in [0.2, 0.25) is 0 Å². The highest BCUT2D eigenvalue weighted by Gasteiger charge is 2.42. The standard InChI is InChI=1S/C16H22F3NO3/c1-4-10(9-14(21)22-3)11-6-7-12(13(20)8-11)15(23-5-2)16(17,18)19/h6-8,10,15H,4-5,9,20H2,1-3H3. The molecule has 2 N–H and O–H groups in total. The second-order valence-electron chi connectivity index (χ2n) is 5.15. The van der Waals surface area contributed by atoms with Gasteiger partial charge in [0.05, 0.1) is 13.5 Å². The van der Waals surface area contributed by atoms with E-state index in [9.17, 15) is 18.0 Å². The lowest BCUT2D eigenvalue weighted by molar-refractivity contribution is -0.222. The molecule has 130 valence electrons. The molecular weight excluding hydrogens is 311 g/mol. The van der Waals surface area contributed by atoms with Crippen molar-refractivity contribution in [3.8, 4) is 0 Å². The Labute approximate surface area is 133 Å². The molecule has 0 amide bonds. The fourth-order valence-electron chi connectivity index (χ4n) is 2.40. The predicted molar refractivity (Wildman–Crippen MR) is 80.9 cm³/mol. The zero-order valence-electron chi connectivity index (χ0n) is 13.4. The molecule has 0 aromatic heterocycles. The fraction of sp³-hybridized carbons (Fsp3) is 0.562. The van der Waals surface area contributed by atoms with Crippen LogP contribution in [0, 0.1) is 0 Å². The fourth-order valence-corrected chi connectivity index (χ4v) is 2.40. The average Bonchev–Trinajstić information content (AvgIpc) is 2.49. The van der Waals surface area contributed by atoms with Gasteiger partial charge in [0.1, 0.15) is 0 Å². The minimum atomic E-state index is -4.54. The van der Waals surface area contributed by atoms with Crippen LogP contribution in [0.25, 0.3) is 0 Å². The second kappa shape index (κ2) is 8.19. The van der Waals surface area contributed by atoms with Crippen LogP contribution in [0.5, 0.6) is 0 Å². The third kappa shape index (κ3) is 5.13. The highest BCUT2D eigenvalue weighted by atomic mass is 19.4. The van der Waals surface area contributed by atoms with Crippen molar-refractivity contribution in [2.45, 2.75) is 44.9 Å². The summed E-state index contributed by atoms with van der Waals surface area (Å²) in [5.74, 6) is -0.530. The van der Waals surface area contributed by atoms with E-state index in [-0.39, 0.29) is 36.2 Å². The van der Waals surface area contributed by atoms with Crippen molar-refractivity contribution in [2.24, 2.45) is 0 Å². The maximum atomic E-state index is 13.1. The maximum absolute atomic E-state index is 13.1. The Balaban J connectivity index is 3.11. The smallest absolute Gasteiger partial charge is 0.418 e. The zero-order valence-corrected chi connectivity index (χ0v) is 13.4. The summed E-state index contributed by atoms with van der Waals surface area (Å²) in [6.07, 6.45) is -5.80. The van der Waals surface area contributed by atoms with Gasteiger partial charge in [0.25, 0.3) is 0 Å². The first-order chi connectivity index (χ1) is 10.7. The van der Waals surface area contributed by atoms with Gasteiger partial charge in [0.2, 0.25) is 0 Å².